The second-order valence-corrected chi connectivity index (χ2v) is 9.79. The van der Waals surface area contributed by atoms with Gasteiger partial charge in [-0.05, 0) is 31.4 Å². The number of rotatable bonds is 7. The fraction of sp³-hybridized carbons (Fsp3) is 0.357. The zero-order chi connectivity index (χ0) is 22.2. The Kier molecular flexibility index (Phi) is 7.92. The smallest absolute Gasteiger partial charge is 0.148 e. The minimum atomic E-state index is 0.00298. The number of hydrogen-bond acceptors (Lipinski definition) is 4. The van der Waals surface area contributed by atoms with E-state index in [1.165, 1.54) is 19.3 Å². The van der Waals surface area contributed by atoms with E-state index in [1.807, 2.05) is 49.4 Å². The highest BCUT2D eigenvalue weighted by Crippen LogP contribution is 2.28. The van der Waals surface area contributed by atoms with Crippen LogP contribution in [0.2, 0.25) is 0 Å². The quantitative estimate of drug-likeness (QED) is 0.445. The maximum atomic E-state index is 12.8. The van der Waals surface area contributed by atoms with Crippen molar-refractivity contribution in [3.8, 4) is 0 Å². The highest BCUT2D eigenvalue weighted by atomic mass is 32.2. The van der Waals surface area contributed by atoms with Crippen LogP contribution in [0.4, 0.5) is 0 Å². The molecule has 3 nitrogen and oxygen atoms in total. The SMILES string of the molecule is CC(SC/C1=N/N=C(/c2ccccc2)C(c2ccccc2)=C=CC1)C(=O)C1CCCCC1. The normalized spacial score (nSPS) is 21.3. The van der Waals surface area contributed by atoms with Gasteiger partial charge >= 0.3 is 0 Å². The Labute approximate surface area is 195 Å². The van der Waals surface area contributed by atoms with E-state index in [0.29, 0.717) is 18.0 Å². The Morgan fingerprint density at radius 3 is 2.31 bits per heavy atom. The predicted octanol–water partition coefficient (Wildman–Crippen LogP) is 6.75. The van der Waals surface area contributed by atoms with E-state index in [9.17, 15) is 4.79 Å². The number of allylic oxidation sites excluding steroid dienone is 1. The van der Waals surface area contributed by atoms with Crippen molar-refractivity contribution in [1.29, 1.82) is 0 Å². The summed E-state index contributed by atoms with van der Waals surface area (Å²) in [5.41, 5.74) is 8.33. The van der Waals surface area contributed by atoms with E-state index in [-0.39, 0.29) is 11.2 Å². The van der Waals surface area contributed by atoms with Gasteiger partial charge in [0, 0.05) is 23.7 Å². The average molecular weight is 443 g/mol. The molecule has 0 aromatic heterocycles. The molecule has 0 saturated heterocycles. The summed E-state index contributed by atoms with van der Waals surface area (Å²) in [5.74, 6) is 1.38. The van der Waals surface area contributed by atoms with E-state index in [0.717, 1.165) is 41.0 Å². The number of hydrogen-bond donors (Lipinski definition) is 0. The van der Waals surface area contributed by atoms with Crippen molar-refractivity contribution < 1.29 is 4.79 Å². The maximum absolute atomic E-state index is 12.8. The molecular formula is C28H30N2OS. The van der Waals surface area contributed by atoms with Gasteiger partial charge in [-0.3, -0.25) is 4.79 Å². The van der Waals surface area contributed by atoms with Crippen molar-refractivity contribution in [3.63, 3.8) is 0 Å². The van der Waals surface area contributed by atoms with E-state index in [2.05, 4.69) is 35.1 Å². The molecule has 1 aliphatic carbocycles. The lowest BCUT2D eigenvalue weighted by molar-refractivity contribution is -0.122. The van der Waals surface area contributed by atoms with Crippen LogP contribution in [-0.2, 0) is 4.79 Å². The Balaban J connectivity index is 1.52. The third-order valence-corrected chi connectivity index (χ3v) is 7.36. The largest absolute Gasteiger partial charge is 0.298 e. The monoisotopic (exact) mass is 442 g/mol. The number of benzene rings is 2. The van der Waals surface area contributed by atoms with Gasteiger partial charge in [0.2, 0.25) is 0 Å². The number of ketones is 1. The zero-order valence-corrected chi connectivity index (χ0v) is 19.5. The van der Waals surface area contributed by atoms with Crippen LogP contribution in [0.15, 0.2) is 82.7 Å². The van der Waals surface area contributed by atoms with Crippen LogP contribution >= 0.6 is 11.8 Å². The van der Waals surface area contributed by atoms with Crippen molar-refractivity contribution in [1.82, 2.24) is 0 Å². The second kappa shape index (κ2) is 11.3. The molecule has 4 heteroatoms. The number of nitrogens with zero attached hydrogens (tertiary/aromatic N) is 2. The summed E-state index contributed by atoms with van der Waals surface area (Å²) in [6.07, 6.45) is 8.52. The molecule has 1 heterocycles. The van der Waals surface area contributed by atoms with Crippen LogP contribution in [0.25, 0.3) is 5.57 Å². The fourth-order valence-corrected chi connectivity index (χ4v) is 5.26. The van der Waals surface area contributed by atoms with Crippen molar-refractivity contribution in [2.24, 2.45) is 16.1 Å². The van der Waals surface area contributed by atoms with Crippen molar-refractivity contribution in [3.05, 3.63) is 83.6 Å². The highest BCUT2D eigenvalue weighted by molar-refractivity contribution is 8.01. The van der Waals surface area contributed by atoms with Gasteiger partial charge in [-0.15, -0.1) is 22.6 Å². The Bertz CT molecular complexity index is 1040. The first kappa shape index (κ1) is 22.5. The van der Waals surface area contributed by atoms with Gasteiger partial charge in [0.15, 0.2) is 0 Å². The van der Waals surface area contributed by atoms with Gasteiger partial charge < -0.3 is 0 Å². The molecule has 2 aromatic rings. The fourth-order valence-electron chi connectivity index (χ4n) is 4.28. The third-order valence-electron chi connectivity index (χ3n) is 6.13. The summed E-state index contributed by atoms with van der Waals surface area (Å²) in [5, 5.41) is 9.34. The van der Waals surface area contributed by atoms with Crippen LogP contribution in [0.1, 0.15) is 56.6 Å². The van der Waals surface area contributed by atoms with E-state index in [4.69, 9.17) is 5.10 Å². The highest BCUT2D eigenvalue weighted by Gasteiger charge is 2.26. The molecule has 1 unspecified atom stereocenters. The Morgan fingerprint density at radius 1 is 0.969 bits per heavy atom. The molecule has 1 saturated carbocycles. The lowest BCUT2D eigenvalue weighted by Gasteiger charge is -2.23. The van der Waals surface area contributed by atoms with Gasteiger partial charge in [0.1, 0.15) is 11.5 Å². The number of carbonyl (C=O) groups is 1. The summed E-state index contributed by atoms with van der Waals surface area (Å²) in [7, 11) is 0. The minimum absolute atomic E-state index is 0.00298. The van der Waals surface area contributed by atoms with Crippen LogP contribution < -0.4 is 0 Å². The molecule has 1 atom stereocenters. The summed E-state index contributed by atoms with van der Waals surface area (Å²) < 4.78 is 0. The van der Waals surface area contributed by atoms with E-state index in [1.54, 1.807) is 11.8 Å². The molecule has 0 amide bonds. The van der Waals surface area contributed by atoms with Crippen LogP contribution in [-0.4, -0.2) is 28.2 Å². The first-order valence-corrected chi connectivity index (χ1v) is 12.6. The summed E-state index contributed by atoms with van der Waals surface area (Å²) >= 11 is 1.69. The van der Waals surface area contributed by atoms with Crippen molar-refractivity contribution in [2.45, 2.75) is 50.7 Å². The van der Waals surface area contributed by atoms with Gasteiger partial charge in [-0.2, -0.15) is 5.10 Å². The minimum Gasteiger partial charge on any atom is -0.298 e. The lowest BCUT2D eigenvalue weighted by Crippen LogP contribution is -2.26. The Morgan fingerprint density at radius 2 is 1.62 bits per heavy atom. The summed E-state index contributed by atoms with van der Waals surface area (Å²) in [6.45, 7) is 2.05. The van der Waals surface area contributed by atoms with E-state index < -0.39 is 0 Å². The number of carbonyl (C=O) groups excluding carboxylic acids is 1. The van der Waals surface area contributed by atoms with Gasteiger partial charge in [0.25, 0.3) is 0 Å². The predicted molar refractivity (Wildman–Crippen MR) is 136 cm³/mol. The third kappa shape index (κ3) is 5.76. The molecule has 2 aliphatic rings. The lowest BCUT2D eigenvalue weighted by atomic mass is 9.85. The first-order valence-electron chi connectivity index (χ1n) is 11.6. The molecule has 0 radical (unpaired) electrons. The molecule has 32 heavy (non-hydrogen) atoms. The Hall–Kier alpha value is -2.68. The maximum Gasteiger partial charge on any atom is 0.148 e. The molecule has 0 spiro atoms. The van der Waals surface area contributed by atoms with Crippen LogP contribution in [0, 0.1) is 5.92 Å². The zero-order valence-electron chi connectivity index (χ0n) is 18.7. The van der Waals surface area contributed by atoms with E-state index >= 15 is 0 Å². The van der Waals surface area contributed by atoms with Crippen molar-refractivity contribution in [2.75, 3.05) is 5.75 Å². The number of Topliss-reactive ketones (excluding diaryl/α,β-unsaturated/α-hetero) is 1. The molecule has 2 aromatic carbocycles. The molecule has 1 aliphatic heterocycles. The molecular weight excluding hydrogens is 412 g/mol. The summed E-state index contributed by atoms with van der Waals surface area (Å²) in [4.78, 5) is 12.8. The molecule has 0 N–H and O–H groups in total. The standard InChI is InChI=1S/C28H30N2OS/c1-21(28(31)24-16-9-4-10-17-24)32-20-25-18-11-19-26(22-12-5-2-6-13-22)27(30-29-25)23-14-7-3-8-15-23/h2-3,5-8,11-15,21,24H,4,9-10,16-18,20H2,1H3/b29-25+,30-27-. The summed E-state index contributed by atoms with van der Waals surface area (Å²) in [6, 6.07) is 20.4. The van der Waals surface area contributed by atoms with Gasteiger partial charge in [0.05, 0.1) is 16.5 Å². The molecule has 4 rings (SSSR count). The molecule has 1 fully saturated rings. The van der Waals surface area contributed by atoms with Crippen LogP contribution in [0.3, 0.4) is 0 Å². The molecule has 164 valence electrons. The topological polar surface area (TPSA) is 41.8 Å². The van der Waals surface area contributed by atoms with Crippen molar-refractivity contribution >= 4 is 34.5 Å². The average Bonchev–Trinajstić information content (AvgIpc) is 2.84. The second-order valence-electron chi connectivity index (χ2n) is 8.47. The van der Waals surface area contributed by atoms with Crippen LogP contribution in [0.5, 0.6) is 0 Å². The first-order chi connectivity index (χ1) is 15.7. The number of thioether (sulfide) groups is 1. The van der Waals surface area contributed by atoms with Gasteiger partial charge in [-0.1, -0.05) is 79.9 Å². The van der Waals surface area contributed by atoms with Gasteiger partial charge in [-0.25, -0.2) is 0 Å². The molecule has 0 bridgehead atoms.